The standard InChI is InChI=1S/C49H66N4O7/c1-35-13-21-39(22-14-35)50-47(27-19-37-17-25-43(45(33-37)55-7)57-31-29-52(3)4)59-42-12-10-9-11-41(42)49(54)60-48(51-40-23-15-36(2)16-24-40)28-20-38-18-26-44(46(34-38)56-8)58-32-30-53(5)6/h9-12,17-20,25-28,33-36,39-40H,13-16,21-24,29-32H2,1-8H3/b27-19+,28-20+,50-47?,51-48?. The molecule has 324 valence electrons. The Kier molecular flexibility index (Phi) is 18.1. The minimum absolute atomic E-state index is 0.0570. The lowest BCUT2D eigenvalue weighted by Crippen LogP contribution is -2.20. The molecule has 2 aliphatic carbocycles. The topological polar surface area (TPSA) is 104 Å². The van der Waals surface area contributed by atoms with Gasteiger partial charge in [0.2, 0.25) is 11.8 Å². The van der Waals surface area contributed by atoms with E-state index < -0.39 is 5.97 Å². The summed E-state index contributed by atoms with van der Waals surface area (Å²) in [7, 11) is 11.3. The molecule has 3 aromatic carbocycles. The number of carbonyl (C=O) groups excluding carboxylic acids is 1. The number of benzene rings is 3. The molecule has 0 amide bonds. The van der Waals surface area contributed by atoms with Gasteiger partial charge in [-0.15, -0.1) is 0 Å². The molecule has 0 aliphatic heterocycles. The highest BCUT2D eigenvalue weighted by molar-refractivity contribution is 6.05. The average molecular weight is 823 g/mol. The smallest absolute Gasteiger partial charge is 0.348 e. The summed E-state index contributed by atoms with van der Waals surface area (Å²) in [5.74, 6) is 4.37. The molecule has 0 heterocycles. The molecule has 60 heavy (non-hydrogen) atoms. The summed E-state index contributed by atoms with van der Waals surface area (Å²) < 4.78 is 35.9. The lowest BCUT2D eigenvalue weighted by molar-refractivity contribution is 0.0715. The molecule has 5 rings (SSSR count). The van der Waals surface area contributed by atoms with Gasteiger partial charge in [-0.2, -0.15) is 0 Å². The van der Waals surface area contributed by atoms with Gasteiger partial charge in [0.15, 0.2) is 23.0 Å². The quantitative estimate of drug-likeness (QED) is 0.0705. The molecule has 0 radical (unpaired) electrons. The fourth-order valence-corrected chi connectivity index (χ4v) is 7.12. The van der Waals surface area contributed by atoms with E-state index in [1.165, 1.54) is 0 Å². The summed E-state index contributed by atoms with van der Waals surface area (Å²) in [4.78, 5) is 28.3. The number of nitrogens with zero attached hydrogens (tertiary/aromatic N) is 4. The van der Waals surface area contributed by atoms with Gasteiger partial charge in [-0.25, -0.2) is 14.8 Å². The number of aliphatic imine (C=N–C) groups is 2. The molecule has 2 fully saturated rings. The molecule has 0 saturated heterocycles. The van der Waals surface area contributed by atoms with Gasteiger partial charge in [0.25, 0.3) is 0 Å². The second-order valence-electron chi connectivity index (χ2n) is 16.5. The Morgan fingerprint density at radius 2 is 1.08 bits per heavy atom. The van der Waals surface area contributed by atoms with Crippen LogP contribution in [0.4, 0.5) is 0 Å². The fourth-order valence-electron chi connectivity index (χ4n) is 7.12. The monoisotopic (exact) mass is 822 g/mol. The zero-order chi connectivity index (χ0) is 42.9. The maximum Gasteiger partial charge on any atom is 0.348 e. The SMILES string of the molecule is COc1cc(/C=C/C(=NC2CCC(C)CC2)OC(=O)c2ccccc2OC(/C=C/c2ccc(OCCN(C)C)c(OC)c2)=NC2CCC(C)CC2)ccc1OCCN(C)C. The Morgan fingerprint density at radius 3 is 1.57 bits per heavy atom. The van der Waals surface area contributed by atoms with Crippen LogP contribution in [-0.4, -0.2) is 108 Å². The second kappa shape index (κ2) is 23.6. The summed E-state index contributed by atoms with van der Waals surface area (Å²) in [6, 6.07) is 18.9. The largest absolute Gasteiger partial charge is 0.493 e. The van der Waals surface area contributed by atoms with E-state index in [1.807, 2.05) is 88.9 Å². The lowest BCUT2D eigenvalue weighted by atomic mass is 9.88. The molecule has 3 aromatic rings. The van der Waals surface area contributed by atoms with Crippen LogP contribution in [-0.2, 0) is 4.74 Å². The number of likely N-dealkylation sites (N-methyl/N-ethyl adjacent to an activating group) is 2. The third-order valence-electron chi connectivity index (χ3n) is 10.9. The molecular weight excluding hydrogens is 757 g/mol. The summed E-state index contributed by atoms with van der Waals surface area (Å²) >= 11 is 0. The van der Waals surface area contributed by atoms with Crippen LogP contribution in [0.3, 0.4) is 0 Å². The number of carbonyl (C=O) groups is 1. The van der Waals surface area contributed by atoms with Crippen LogP contribution in [0.2, 0.25) is 0 Å². The number of rotatable bonds is 18. The van der Waals surface area contributed by atoms with Gasteiger partial charge >= 0.3 is 5.97 Å². The summed E-state index contributed by atoms with van der Waals surface area (Å²) in [6.45, 7) is 7.22. The molecule has 2 saturated carbocycles. The van der Waals surface area contributed by atoms with E-state index in [4.69, 9.17) is 38.4 Å². The van der Waals surface area contributed by atoms with Gasteiger partial charge in [0.05, 0.1) is 26.3 Å². The predicted octanol–water partition coefficient (Wildman–Crippen LogP) is 9.50. The number of hydrogen-bond donors (Lipinski definition) is 0. The lowest BCUT2D eigenvalue weighted by Gasteiger charge is -2.24. The third-order valence-corrected chi connectivity index (χ3v) is 10.9. The second-order valence-corrected chi connectivity index (χ2v) is 16.5. The van der Waals surface area contributed by atoms with E-state index in [0.717, 1.165) is 75.6 Å². The Labute approximate surface area is 358 Å². The van der Waals surface area contributed by atoms with Crippen molar-refractivity contribution in [3.8, 4) is 28.7 Å². The van der Waals surface area contributed by atoms with Gasteiger partial charge < -0.3 is 38.2 Å². The van der Waals surface area contributed by atoms with Gasteiger partial charge in [-0.3, -0.25) is 0 Å². The molecule has 0 atom stereocenters. The van der Waals surface area contributed by atoms with Crippen molar-refractivity contribution in [3.63, 3.8) is 0 Å². The summed E-state index contributed by atoms with van der Waals surface area (Å²) in [5.41, 5.74) is 2.02. The molecule has 2 aliphatic rings. The highest BCUT2D eigenvalue weighted by Gasteiger charge is 2.23. The number of methoxy groups -OCH3 is 2. The first-order chi connectivity index (χ1) is 29.0. The number of esters is 1. The van der Waals surface area contributed by atoms with Crippen molar-refractivity contribution in [1.29, 1.82) is 0 Å². The van der Waals surface area contributed by atoms with Crippen LogP contribution >= 0.6 is 0 Å². The molecule has 0 unspecified atom stereocenters. The zero-order valence-electron chi connectivity index (χ0n) is 37.0. The van der Waals surface area contributed by atoms with E-state index >= 15 is 0 Å². The number of para-hydroxylation sites is 1. The van der Waals surface area contributed by atoms with Gasteiger partial charge in [0.1, 0.15) is 24.5 Å². The van der Waals surface area contributed by atoms with Gasteiger partial charge in [-0.1, -0.05) is 38.1 Å². The molecule has 0 spiro atoms. The predicted molar refractivity (Wildman–Crippen MR) is 242 cm³/mol. The molecule has 0 aromatic heterocycles. The van der Waals surface area contributed by atoms with Crippen LogP contribution < -0.4 is 23.7 Å². The Balaban J connectivity index is 1.39. The van der Waals surface area contributed by atoms with Crippen molar-refractivity contribution < 1.29 is 33.2 Å². The summed E-state index contributed by atoms with van der Waals surface area (Å²) in [6.07, 6.45) is 15.6. The van der Waals surface area contributed by atoms with E-state index in [9.17, 15) is 4.79 Å². The van der Waals surface area contributed by atoms with Crippen LogP contribution in [0.15, 0.2) is 82.8 Å². The molecule has 11 heteroatoms. The third kappa shape index (κ3) is 14.9. The first-order valence-corrected chi connectivity index (χ1v) is 21.4. The number of ether oxygens (including phenoxy) is 6. The van der Waals surface area contributed by atoms with Crippen LogP contribution in [0.1, 0.15) is 86.7 Å². The Bertz CT molecular complexity index is 1940. The van der Waals surface area contributed by atoms with Crippen LogP contribution in [0.25, 0.3) is 12.2 Å². The van der Waals surface area contributed by atoms with E-state index in [0.29, 0.717) is 59.7 Å². The van der Waals surface area contributed by atoms with Crippen molar-refractivity contribution in [1.82, 2.24) is 9.80 Å². The maximum absolute atomic E-state index is 14.1. The van der Waals surface area contributed by atoms with E-state index in [-0.39, 0.29) is 23.5 Å². The van der Waals surface area contributed by atoms with E-state index in [1.54, 1.807) is 38.5 Å². The first-order valence-electron chi connectivity index (χ1n) is 21.4. The Hall–Kier alpha value is -5.13. The summed E-state index contributed by atoms with van der Waals surface area (Å²) in [5, 5.41) is 0. The van der Waals surface area contributed by atoms with Gasteiger partial charge in [0, 0.05) is 25.2 Å². The van der Waals surface area contributed by atoms with Crippen molar-refractivity contribution >= 4 is 29.9 Å². The molecule has 11 nitrogen and oxygen atoms in total. The Morgan fingerprint density at radius 1 is 0.617 bits per heavy atom. The first kappa shape index (κ1) is 45.9. The average Bonchev–Trinajstić information content (AvgIpc) is 3.24. The van der Waals surface area contributed by atoms with Crippen molar-refractivity contribution in [3.05, 3.63) is 89.5 Å². The molecular formula is C49H66N4O7. The fraction of sp³-hybridized carbons (Fsp3) is 0.490. The van der Waals surface area contributed by atoms with Crippen LogP contribution in [0, 0.1) is 11.8 Å². The highest BCUT2D eigenvalue weighted by atomic mass is 16.5. The normalized spacial score (nSPS) is 20.2. The minimum atomic E-state index is -0.565. The number of hydrogen-bond acceptors (Lipinski definition) is 11. The van der Waals surface area contributed by atoms with Gasteiger partial charge in [-0.05, 0) is 151 Å². The maximum atomic E-state index is 14.1. The highest BCUT2D eigenvalue weighted by Crippen LogP contribution is 2.32. The molecule has 0 bridgehead atoms. The van der Waals surface area contributed by atoms with Crippen molar-refractivity contribution in [2.24, 2.45) is 21.8 Å². The van der Waals surface area contributed by atoms with Crippen molar-refractivity contribution in [2.75, 3.05) is 68.7 Å². The van der Waals surface area contributed by atoms with Crippen molar-refractivity contribution in [2.45, 2.75) is 77.3 Å². The minimum Gasteiger partial charge on any atom is -0.493 e. The van der Waals surface area contributed by atoms with Crippen LogP contribution in [0.5, 0.6) is 28.7 Å². The zero-order valence-corrected chi connectivity index (χ0v) is 37.0. The van der Waals surface area contributed by atoms with E-state index in [2.05, 4.69) is 23.6 Å². The molecule has 0 N–H and O–H groups in total.